The smallest absolute Gasteiger partial charge is 0.146 e. The largest absolute Gasteiger partial charge is 0.236 e. The standard InChI is InChI=1S/C14H18ClIN2/c1-2-8-3-4-10(7-8)14-17-12(9-5-6-9)11(16)13(15)18-14/h8-10H,2-7H2,1H3. The SMILES string of the molecule is CCC1CCC(c2nc(Cl)c(I)c(C3CC3)n2)C1. The Kier molecular flexibility index (Phi) is 3.81. The minimum absolute atomic E-state index is 0.543. The maximum absolute atomic E-state index is 6.28. The molecule has 0 N–H and O–H groups in total. The summed E-state index contributed by atoms with van der Waals surface area (Å²) in [7, 11) is 0. The second-order valence-electron chi connectivity index (χ2n) is 5.63. The van der Waals surface area contributed by atoms with Crippen LogP contribution in [0, 0.1) is 9.49 Å². The first-order chi connectivity index (χ1) is 8.69. The highest BCUT2D eigenvalue weighted by Gasteiger charge is 2.32. The number of nitrogens with zero attached hydrogens (tertiary/aromatic N) is 2. The lowest BCUT2D eigenvalue weighted by atomic mass is 10.0. The van der Waals surface area contributed by atoms with E-state index in [4.69, 9.17) is 16.6 Å². The molecular weight excluding hydrogens is 359 g/mol. The molecule has 0 bridgehead atoms. The van der Waals surface area contributed by atoms with Crippen molar-refractivity contribution in [1.82, 2.24) is 9.97 Å². The molecule has 0 saturated heterocycles. The zero-order chi connectivity index (χ0) is 12.7. The van der Waals surface area contributed by atoms with Gasteiger partial charge in [-0.25, -0.2) is 9.97 Å². The summed E-state index contributed by atoms with van der Waals surface area (Å²) in [6.45, 7) is 2.28. The monoisotopic (exact) mass is 376 g/mol. The van der Waals surface area contributed by atoms with Gasteiger partial charge in [-0.2, -0.15) is 0 Å². The Morgan fingerprint density at radius 1 is 1.17 bits per heavy atom. The van der Waals surface area contributed by atoms with Crippen molar-refractivity contribution < 1.29 is 0 Å². The molecule has 0 radical (unpaired) electrons. The molecule has 1 aromatic heterocycles. The second kappa shape index (κ2) is 5.23. The van der Waals surface area contributed by atoms with Gasteiger partial charge in [0.1, 0.15) is 11.0 Å². The molecule has 1 heterocycles. The second-order valence-corrected chi connectivity index (χ2v) is 7.07. The van der Waals surface area contributed by atoms with Crippen LogP contribution in [0.3, 0.4) is 0 Å². The number of aromatic nitrogens is 2. The van der Waals surface area contributed by atoms with Crippen LogP contribution in [0.15, 0.2) is 0 Å². The van der Waals surface area contributed by atoms with Crippen molar-refractivity contribution in [3.8, 4) is 0 Å². The highest BCUT2D eigenvalue weighted by molar-refractivity contribution is 14.1. The third-order valence-corrected chi connectivity index (χ3v) is 5.96. The summed E-state index contributed by atoms with van der Waals surface area (Å²) in [4.78, 5) is 9.38. The Labute approximate surface area is 127 Å². The Balaban J connectivity index is 1.88. The summed E-state index contributed by atoms with van der Waals surface area (Å²) in [6, 6.07) is 0. The minimum atomic E-state index is 0.543. The van der Waals surface area contributed by atoms with Crippen LogP contribution >= 0.6 is 34.2 Å². The predicted molar refractivity (Wildman–Crippen MR) is 82.1 cm³/mol. The van der Waals surface area contributed by atoms with Crippen molar-refractivity contribution in [3.05, 3.63) is 20.2 Å². The molecule has 2 fully saturated rings. The van der Waals surface area contributed by atoms with Crippen LogP contribution in [-0.2, 0) is 0 Å². The van der Waals surface area contributed by atoms with E-state index in [-0.39, 0.29) is 0 Å². The molecule has 2 aliphatic rings. The number of halogens is 2. The summed E-state index contributed by atoms with van der Waals surface area (Å²) in [5, 5.41) is 0.669. The zero-order valence-corrected chi connectivity index (χ0v) is 13.5. The van der Waals surface area contributed by atoms with E-state index in [1.165, 1.54) is 44.2 Å². The molecule has 98 valence electrons. The molecule has 1 aromatic rings. The van der Waals surface area contributed by atoms with Crippen molar-refractivity contribution in [3.63, 3.8) is 0 Å². The van der Waals surface area contributed by atoms with Gasteiger partial charge in [-0.05, 0) is 60.6 Å². The summed E-state index contributed by atoms with van der Waals surface area (Å²) in [6.07, 6.45) is 7.63. The predicted octanol–water partition coefficient (Wildman–Crippen LogP) is 4.91. The molecular formula is C14H18ClIN2. The van der Waals surface area contributed by atoms with Crippen LogP contribution in [0.5, 0.6) is 0 Å². The average Bonchev–Trinajstić information content (AvgIpc) is 3.09. The van der Waals surface area contributed by atoms with Gasteiger partial charge in [0.15, 0.2) is 0 Å². The highest BCUT2D eigenvalue weighted by atomic mass is 127. The van der Waals surface area contributed by atoms with Crippen LogP contribution in [0.25, 0.3) is 0 Å². The van der Waals surface area contributed by atoms with E-state index in [0.29, 0.717) is 17.0 Å². The van der Waals surface area contributed by atoms with Gasteiger partial charge < -0.3 is 0 Å². The molecule has 0 spiro atoms. The molecule has 0 aliphatic heterocycles. The van der Waals surface area contributed by atoms with Gasteiger partial charge in [0, 0.05) is 11.8 Å². The number of hydrogen-bond acceptors (Lipinski definition) is 2. The highest BCUT2D eigenvalue weighted by Crippen LogP contribution is 2.44. The minimum Gasteiger partial charge on any atom is -0.236 e. The van der Waals surface area contributed by atoms with Gasteiger partial charge in [0.2, 0.25) is 0 Å². The van der Waals surface area contributed by atoms with Crippen LogP contribution in [0.4, 0.5) is 0 Å². The molecule has 18 heavy (non-hydrogen) atoms. The van der Waals surface area contributed by atoms with Crippen molar-refractivity contribution in [1.29, 1.82) is 0 Å². The number of rotatable bonds is 3. The van der Waals surface area contributed by atoms with Crippen molar-refractivity contribution in [2.45, 2.75) is 57.3 Å². The molecule has 2 unspecified atom stereocenters. The van der Waals surface area contributed by atoms with E-state index < -0.39 is 0 Å². The Bertz CT molecular complexity index is 459. The van der Waals surface area contributed by atoms with Gasteiger partial charge in [-0.1, -0.05) is 24.9 Å². The van der Waals surface area contributed by atoms with E-state index >= 15 is 0 Å². The third-order valence-electron chi connectivity index (χ3n) is 4.30. The molecule has 3 rings (SSSR count). The van der Waals surface area contributed by atoms with E-state index in [0.717, 1.165) is 15.3 Å². The van der Waals surface area contributed by atoms with Crippen LogP contribution in [0.2, 0.25) is 5.15 Å². The summed E-state index contributed by atoms with van der Waals surface area (Å²) in [5.74, 6) is 3.07. The van der Waals surface area contributed by atoms with Gasteiger partial charge in [0.05, 0.1) is 9.26 Å². The molecule has 2 atom stereocenters. The molecule has 0 aromatic carbocycles. The van der Waals surface area contributed by atoms with E-state index in [1.807, 2.05) is 0 Å². The molecule has 2 aliphatic carbocycles. The average molecular weight is 377 g/mol. The van der Waals surface area contributed by atoms with Crippen LogP contribution in [-0.4, -0.2) is 9.97 Å². The molecule has 4 heteroatoms. The first-order valence-electron chi connectivity index (χ1n) is 6.91. The Morgan fingerprint density at radius 2 is 1.89 bits per heavy atom. The lowest BCUT2D eigenvalue weighted by Gasteiger charge is -2.12. The quantitative estimate of drug-likeness (QED) is 0.553. The van der Waals surface area contributed by atoms with Gasteiger partial charge in [0.25, 0.3) is 0 Å². The summed E-state index contributed by atoms with van der Waals surface area (Å²) >= 11 is 8.58. The van der Waals surface area contributed by atoms with Crippen LogP contribution < -0.4 is 0 Å². The van der Waals surface area contributed by atoms with Crippen molar-refractivity contribution >= 4 is 34.2 Å². The fraction of sp³-hybridized carbons (Fsp3) is 0.714. The van der Waals surface area contributed by atoms with Crippen LogP contribution in [0.1, 0.15) is 68.8 Å². The molecule has 2 saturated carbocycles. The van der Waals surface area contributed by atoms with Crippen molar-refractivity contribution in [2.75, 3.05) is 0 Å². The first-order valence-corrected chi connectivity index (χ1v) is 8.37. The Hall–Kier alpha value is 0.1000. The summed E-state index contributed by atoms with van der Waals surface area (Å²) < 4.78 is 1.07. The topological polar surface area (TPSA) is 25.8 Å². The van der Waals surface area contributed by atoms with Gasteiger partial charge >= 0.3 is 0 Å². The van der Waals surface area contributed by atoms with Crippen molar-refractivity contribution in [2.24, 2.45) is 5.92 Å². The van der Waals surface area contributed by atoms with E-state index in [2.05, 4.69) is 34.5 Å². The zero-order valence-electron chi connectivity index (χ0n) is 10.6. The first kappa shape index (κ1) is 13.1. The fourth-order valence-corrected chi connectivity index (χ4v) is 3.81. The summed E-state index contributed by atoms with van der Waals surface area (Å²) in [5.41, 5.74) is 1.21. The van der Waals surface area contributed by atoms with Gasteiger partial charge in [-0.3, -0.25) is 0 Å². The maximum atomic E-state index is 6.28. The number of hydrogen-bond donors (Lipinski definition) is 0. The maximum Gasteiger partial charge on any atom is 0.146 e. The Morgan fingerprint density at radius 3 is 2.50 bits per heavy atom. The van der Waals surface area contributed by atoms with Gasteiger partial charge in [-0.15, -0.1) is 0 Å². The normalized spacial score (nSPS) is 27.7. The van der Waals surface area contributed by atoms with E-state index in [1.54, 1.807) is 0 Å². The fourth-order valence-electron chi connectivity index (χ4n) is 2.94. The lowest BCUT2D eigenvalue weighted by Crippen LogP contribution is -2.06. The molecule has 2 nitrogen and oxygen atoms in total. The lowest BCUT2D eigenvalue weighted by molar-refractivity contribution is 0.516. The van der Waals surface area contributed by atoms with E-state index in [9.17, 15) is 0 Å². The molecule has 0 amide bonds. The third kappa shape index (κ3) is 2.53.